The van der Waals surface area contributed by atoms with Crippen LogP contribution in [0.4, 0.5) is 0 Å². The predicted molar refractivity (Wildman–Crippen MR) is 40.6 cm³/mol. The van der Waals surface area contributed by atoms with E-state index in [0.717, 1.165) is 25.7 Å². The van der Waals surface area contributed by atoms with Gasteiger partial charge in [0.1, 0.15) is 5.78 Å². The highest BCUT2D eigenvalue weighted by molar-refractivity contribution is 7.51. The molecule has 5 heteroatoms. The van der Waals surface area contributed by atoms with Gasteiger partial charge >= 0.3 is 11.6 Å². The summed E-state index contributed by atoms with van der Waals surface area (Å²) in [5.41, 5.74) is 0. The van der Waals surface area contributed by atoms with Gasteiger partial charge in [-0.15, -0.1) is 0 Å². The van der Waals surface area contributed by atoms with Gasteiger partial charge in [-0.3, -0.25) is 4.79 Å². The molecule has 1 fully saturated rings. The topological polar surface area (TPSA) is 82.7 Å². The van der Waals surface area contributed by atoms with Crippen LogP contribution in [0.2, 0.25) is 0 Å². The second kappa shape index (κ2) is 9.45. The average molecular weight is 180 g/mol. The summed E-state index contributed by atoms with van der Waals surface area (Å²) in [6.07, 6.45) is 5.24. The highest BCUT2D eigenvalue weighted by atomic mass is 32.1. The number of carbonyl (C=O) groups is 1. The fourth-order valence-corrected chi connectivity index (χ4v) is 0.946. The van der Waals surface area contributed by atoms with E-state index in [1.165, 1.54) is 6.42 Å². The van der Waals surface area contributed by atoms with Crippen LogP contribution in [-0.4, -0.2) is 19.7 Å². The van der Waals surface area contributed by atoms with Gasteiger partial charge in [0, 0.05) is 12.8 Å². The van der Waals surface area contributed by atoms with Gasteiger partial charge in [-0.1, -0.05) is 6.42 Å². The summed E-state index contributed by atoms with van der Waals surface area (Å²) in [5.74, 6) is 0.464. The van der Waals surface area contributed by atoms with Crippen LogP contribution in [0.3, 0.4) is 0 Å². The molecule has 11 heavy (non-hydrogen) atoms. The third kappa shape index (κ3) is 9.45. The molecule has 2 N–H and O–H groups in total. The molecule has 0 unspecified atom stereocenters. The van der Waals surface area contributed by atoms with E-state index >= 15 is 0 Å². The highest BCUT2D eigenvalue weighted by Gasteiger charge is 2.05. The van der Waals surface area contributed by atoms with Crippen LogP contribution in [0.25, 0.3) is 0 Å². The summed E-state index contributed by atoms with van der Waals surface area (Å²) in [4.78, 5) is 10.5. The number of Topliss-reactive ketones (excluding diaryl/α,β-unsaturated/α-hetero) is 1. The lowest BCUT2D eigenvalue weighted by molar-refractivity contribution is -0.120. The number of carbonyl (C=O) groups excluding carboxylic acids is 1. The summed E-state index contributed by atoms with van der Waals surface area (Å²) in [5, 5.41) is 0. The van der Waals surface area contributed by atoms with E-state index in [0.29, 0.717) is 5.78 Å². The van der Waals surface area contributed by atoms with E-state index in [1.807, 2.05) is 0 Å². The van der Waals surface area contributed by atoms with Gasteiger partial charge in [-0.2, -0.15) is 8.42 Å². The van der Waals surface area contributed by atoms with Gasteiger partial charge in [-0.25, -0.2) is 0 Å². The summed E-state index contributed by atoms with van der Waals surface area (Å²) < 4.78 is 16.6. The van der Waals surface area contributed by atoms with E-state index in [-0.39, 0.29) is 5.48 Å². The molecule has 0 aliphatic heterocycles. The maximum absolute atomic E-state index is 10.5. The van der Waals surface area contributed by atoms with Gasteiger partial charge in [-0.05, 0) is 12.8 Å². The van der Waals surface area contributed by atoms with E-state index in [1.54, 1.807) is 0 Å². The lowest BCUT2D eigenvalue weighted by Gasteiger charge is -2.05. The predicted octanol–water partition coefficient (Wildman–Crippen LogP) is 0.0247. The Labute approximate surface area is 68.9 Å². The van der Waals surface area contributed by atoms with Crippen molar-refractivity contribution in [2.75, 3.05) is 0 Å². The van der Waals surface area contributed by atoms with E-state index in [9.17, 15) is 4.79 Å². The first kappa shape index (κ1) is 13.1. The van der Waals surface area contributed by atoms with Crippen LogP contribution < -0.4 is 0 Å². The first-order valence-corrected chi connectivity index (χ1v) is 3.91. The van der Waals surface area contributed by atoms with Crippen LogP contribution in [0, 0.1) is 0 Å². The molecule has 0 spiro atoms. The molecule has 0 radical (unpaired) electrons. The van der Waals surface area contributed by atoms with Crippen molar-refractivity contribution in [1.29, 1.82) is 0 Å². The van der Waals surface area contributed by atoms with Crippen molar-refractivity contribution in [3.63, 3.8) is 0 Å². The van der Waals surface area contributed by atoms with Crippen molar-refractivity contribution in [3.8, 4) is 0 Å². The van der Waals surface area contributed by atoms with Gasteiger partial charge in [0.25, 0.3) is 0 Å². The van der Waals surface area contributed by atoms with Gasteiger partial charge in [0.2, 0.25) is 0 Å². The minimum Gasteiger partial charge on any atom is -0.412 e. The molecule has 0 saturated heterocycles. The number of ketones is 1. The van der Waals surface area contributed by atoms with Gasteiger partial charge in [0.05, 0.1) is 0 Å². The van der Waals surface area contributed by atoms with Crippen molar-refractivity contribution < 1.29 is 18.7 Å². The Hall–Kier alpha value is -0.550. The van der Waals surface area contributed by atoms with Crippen LogP contribution in [-0.2, 0) is 16.4 Å². The zero-order valence-electron chi connectivity index (χ0n) is 6.17. The molecule has 0 atom stereocenters. The Balaban J connectivity index is 0. The fourth-order valence-electron chi connectivity index (χ4n) is 0.946. The molecule has 4 nitrogen and oxygen atoms in total. The molecule has 0 bridgehead atoms. The first-order chi connectivity index (χ1) is 4.81. The van der Waals surface area contributed by atoms with Crippen molar-refractivity contribution in [2.24, 2.45) is 0 Å². The van der Waals surface area contributed by atoms with Crippen molar-refractivity contribution in [1.82, 2.24) is 0 Å². The molecule has 0 amide bonds. The van der Waals surface area contributed by atoms with E-state index < -0.39 is 11.6 Å². The Morgan fingerprint density at radius 2 is 1.36 bits per heavy atom. The molecule has 0 aromatic rings. The summed E-state index contributed by atoms with van der Waals surface area (Å²) >= 11 is -0.750. The van der Waals surface area contributed by atoms with E-state index in [2.05, 4.69) is 0 Å². The Kier molecular flexibility index (Phi) is 11.2. The molecule has 66 valence electrons. The summed E-state index contributed by atoms with van der Waals surface area (Å²) in [6, 6.07) is 0. The Morgan fingerprint density at radius 1 is 1.00 bits per heavy atom. The molecule has 1 aliphatic rings. The molecule has 0 aromatic heterocycles. The molecule has 0 heterocycles. The first-order valence-electron chi connectivity index (χ1n) is 3.24. The molecular formula is C6H12O4S. The zero-order chi connectivity index (χ0) is 7.82. The molecule has 1 saturated carbocycles. The van der Waals surface area contributed by atoms with Crippen LogP contribution in [0.15, 0.2) is 0 Å². The maximum atomic E-state index is 10.5. The lowest BCUT2D eigenvalue weighted by Crippen LogP contribution is -2.02. The zero-order valence-corrected chi connectivity index (χ0v) is 6.99. The second-order valence-electron chi connectivity index (χ2n) is 2.17. The SMILES string of the molecule is O.O=C1CCCCC1.O=S=O. The molecule has 1 aliphatic carbocycles. The summed E-state index contributed by atoms with van der Waals surface area (Å²) in [6.45, 7) is 0. The monoisotopic (exact) mass is 180 g/mol. The quantitative estimate of drug-likeness (QED) is 0.527. The smallest absolute Gasteiger partial charge is 0.335 e. The fraction of sp³-hybridized carbons (Fsp3) is 0.833. The van der Waals surface area contributed by atoms with Crippen LogP contribution in [0.1, 0.15) is 32.1 Å². The van der Waals surface area contributed by atoms with Gasteiger partial charge < -0.3 is 5.48 Å². The third-order valence-corrected chi connectivity index (χ3v) is 1.41. The van der Waals surface area contributed by atoms with E-state index in [4.69, 9.17) is 8.42 Å². The Morgan fingerprint density at radius 3 is 1.55 bits per heavy atom. The third-order valence-electron chi connectivity index (χ3n) is 1.41. The average Bonchev–Trinajstić information content (AvgIpc) is 1.91. The minimum atomic E-state index is -0.750. The number of hydrogen-bond acceptors (Lipinski definition) is 3. The normalized spacial score (nSPS) is 15.5. The molecule has 1 rings (SSSR count). The van der Waals surface area contributed by atoms with Crippen LogP contribution in [0.5, 0.6) is 0 Å². The molecular weight excluding hydrogens is 168 g/mol. The standard InChI is InChI=1S/C6H10O.O2S.H2O/c7-6-4-2-1-3-5-6;1-3-2;/h1-5H2;;1H2. The lowest BCUT2D eigenvalue weighted by atomic mass is 10.00. The second-order valence-corrected chi connectivity index (χ2v) is 2.30. The van der Waals surface area contributed by atoms with Crippen LogP contribution >= 0.6 is 0 Å². The molecule has 0 aromatic carbocycles. The highest BCUT2D eigenvalue weighted by Crippen LogP contribution is 2.12. The number of hydrogen-bond donors (Lipinski definition) is 0. The van der Waals surface area contributed by atoms with Crippen molar-refractivity contribution in [2.45, 2.75) is 32.1 Å². The summed E-state index contributed by atoms with van der Waals surface area (Å²) in [7, 11) is 0. The minimum absolute atomic E-state index is 0. The van der Waals surface area contributed by atoms with Crippen molar-refractivity contribution in [3.05, 3.63) is 0 Å². The largest absolute Gasteiger partial charge is 0.412 e. The number of rotatable bonds is 0. The van der Waals surface area contributed by atoms with Gasteiger partial charge in [0.15, 0.2) is 0 Å². The maximum Gasteiger partial charge on any atom is 0.335 e. The Bertz CT molecular complexity index is 132. The van der Waals surface area contributed by atoms with Crippen molar-refractivity contribution >= 4 is 17.4 Å².